The van der Waals surface area contributed by atoms with Gasteiger partial charge in [-0.1, -0.05) is 55.7 Å². The van der Waals surface area contributed by atoms with E-state index >= 15 is 0 Å². The molecule has 5 nitrogen and oxygen atoms in total. The molecule has 1 saturated heterocycles. The van der Waals surface area contributed by atoms with Crippen molar-refractivity contribution >= 4 is 28.8 Å². The third-order valence-electron chi connectivity index (χ3n) is 6.95. The lowest BCUT2D eigenvalue weighted by atomic mass is 9.92. The van der Waals surface area contributed by atoms with Crippen molar-refractivity contribution in [3.63, 3.8) is 0 Å². The van der Waals surface area contributed by atoms with Crippen molar-refractivity contribution in [1.29, 1.82) is 0 Å². The Morgan fingerprint density at radius 2 is 1.80 bits per heavy atom. The molecule has 2 heterocycles. The second kappa shape index (κ2) is 10.1. The highest BCUT2D eigenvalue weighted by molar-refractivity contribution is 7.10. The third-order valence-corrected chi connectivity index (χ3v) is 7.87. The summed E-state index contributed by atoms with van der Waals surface area (Å²) in [5.41, 5.74) is 2.61. The predicted octanol–water partition coefficient (Wildman–Crippen LogP) is 6.39. The molecular weight excluding hydrogens is 458 g/mol. The van der Waals surface area contributed by atoms with Crippen LogP contribution in [0.2, 0.25) is 0 Å². The van der Waals surface area contributed by atoms with Gasteiger partial charge in [-0.05, 0) is 60.5 Å². The number of ether oxygens (including phenoxy) is 1. The lowest BCUT2D eigenvalue weighted by molar-refractivity contribution is -0.141. The Balaban J connectivity index is 1.48. The first-order valence-electron chi connectivity index (χ1n) is 12.2. The maximum Gasteiger partial charge on any atom is 0.295 e. The first-order valence-corrected chi connectivity index (χ1v) is 13.0. The van der Waals surface area contributed by atoms with Crippen molar-refractivity contribution in [1.82, 2.24) is 4.90 Å². The van der Waals surface area contributed by atoms with Crippen LogP contribution in [0.1, 0.15) is 59.7 Å². The van der Waals surface area contributed by atoms with E-state index in [1.54, 1.807) is 11.0 Å². The summed E-state index contributed by atoms with van der Waals surface area (Å²) in [4.78, 5) is 29.1. The van der Waals surface area contributed by atoms with Crippen LogP contribution in [0.4, 0.5) is 0 Å². The van der Waals surface area contributed by atoms with Gasteiger partial charge in [0, 0.05) is 16.5 Å². The zero-order chi connectivity index (χ0) is 24.4. The van der Waals surface area contributed by atoms with E-state index in [1.165, 1.54) is 11.3 Å². The van der Waals surface area contributed by atoms with Crippen LogP contribution in [0, 0.1) is 6.92 Å². The molecular formula is C29H29NO4S. The molecule has 1 saturated carbocycles. The number of rotatable bonds is 6. The lowest BCUT2D eigenvalue weighted by Crippen LogP contribution is -2.40. The Morgan fingerprint density at radius 1 is 1.03 bits per heavy atom. The van der Waals surface area contributed by atoms with E-state index in [4.69, 9.17) is 4.74 Å². The van der Waals surface area contributed by atoms with Crippen LogP contribution < -0.4 is 4.74 Å². The number of aliphatic hydroxyl groups is 1. The normalized spacial score (nSPS) is 20.4. The standard InChI is InChI=1S/C29H29NO4S/c1-19-17-21(14-15-23(19)34-18-20-9-4-2-5-10-20)27(31)25-26(24-13-8-16-35-24)30(29(33)28(25)32)22-11-6-3-7-12-22/h2,4-5,8-10,13-17,22,26,31H,3,6-7,11-12,18H2,1H3/b27-25-. The van der Waals surface area contributed by atoms with Crippen LogP contribution in [0.15, 0.2) is 71.6 Å². The maximum absolute atomic E-state index is 13.3. The molecule has 1 aliphatic heterocycles. The van der Waals surface area contributed by atoms with E-state index in [2.05, 4.69) is 0 Å². The molecule has 1 unspecified atom stereocenters. The summed E-state index contributed by atoms with van der Waals surface area (Å²) in [6.45, 7) is 2.35. The third kappa shape index (κ3) is 4.63. The average molecular weight is 488 g/mol. The van der Waals surface area contributed by atoms with Gasteiger partial charge < -0.3 is 14.7 Å². The Bertz CT molecular complexity index is 1240. The van der Waals surface area contributed by atoms with E-state index in [0.29, 0.717) is 17.9 Å². The first-order chi connectivity index (χ1) is 17.0. The molecule has 1 aromatic heterocycles. The minimum absolute atomic E-state index is 0.0214. The number of amides is 1. The van der Waals surface area contributed by atoms with E-state index in [0.717, 1.165) is 48.1 Å². The molecule has 35 heavy (non-hydrogen) atoms. The van der Waals surface area contributed by atoms with Crippen molar-refractivity contribution in [2.24, 2.45) is 0 Å². The molecule has 0 bridgehead atoms. The topological polar surface area (TPSA) is 66.8 Å². The van der Waals surface area contributed by atoms with E-state index < -0.39 is 17.7 Å². The van der Waals surface area contributed by atoms with Gasteiger partial charge in [0.25, 0.3) is 11.7 Å². The molecule has 1 N–H and O–H groups in total. The van der Waals surface area contributed by atoms with Gasteiger partial charge in [-0.3, -0.25) is 9.59 Å². The molecule has 1 aliphatic carbocycles. The van der Waals surface area contributed by atoms with Gasteiger partial charge >= 0.3 is 0 Å². The Morgan fingerprint density at radius 3 is 2.49 bits per heavy atom. The highest BCUT2D eigenvalue weighted by Gasteiger charge is 2.49. The quantitative estimate of drug-likeness (QED) is 0.249. The van der Waals surface area contributed by atoms with Crippen molar-refractivity contribution in [3.05, 3.63) is 93.2 Å². The number of hydrogen-bond acceptors (Lipinski definition) is 5. The molecule has 2 aromatic carbocycles. The SMILES string of the molecule is Cc1cc(/C(O)=C2/C(=O)C(=O)N(C3CCCCC3)C2c2cccs2)ccc1OCc1ccccc1. The summed E-state index contributed by atoms with van der Waals surface area (Å²) >= 11 is 1.51. The summed E-state index contributed by atoms with van der Waals surface area (Å²) in [6, 6.07) is 18.6. The largest absolute Gasteiger partial charge is 0.507 e. The number of ketones is 1. The minimum atomic E-state index is -0.603. The summed E-state index contributed by atoms with van der Waals surface area (Å²) in [6.07, 6.45) is 5.04. The number of carbonyl (C=O) groups excluding carboxylic acids is 2. The number of nitrogens with zero attached hydrogens (tertiary/aromatic N) is 1. The molecule has 2 fully saturated rings. The van der Waals surface area contributed by atoms with Crippen LogP contribution in [-0.4, -0.2) is 27.7 Å². The fourth-order valence-electron chi connectivity index (χ4n) is 5.16. The number of aliphatic hydroxyl groups excluding tert-OH is 1. The molecule has 180 valence electrons. The van der Waals surface area contributed by atoms with E-state index in [-0.39, 0.29) is 17.4 Å². The zero-order valence-corrected chi connectivity index (χ0v) is 20.6. The van der Waals surface area contributed by atoms with E-state index in [9.17, 15) is 14.7 Å². The minimum Gasteiger partial charge on any atom is -0.507 e. The molecule has 2 aliphatic rings. The molecule has 6 heteroatoms. The van der Waals surface area contributed by atoms with Gasteiger partial charge in [0.15, 0.2) is 0 Å². The van der Waals surface area contributed by atoms with Gasteiger partial charge in [0.1, 0.15) is 18.1 Å². The summed E-state index contributed by atoms with van der Waals surface area (Å²) in [5, 5.41) is 13.3. The number of hydrogen-bond donors (Lipinski definition) is 1. The van der Waals surface area contributed by atoms with Crippen molar-refractivity contribution < 1.29 is 19.4 Å². The summed E-state index contributed by atoms with van der Waals surface area (Å²) in [5.74, 6) is -0.523. The van der Waals surface area contributed by atoms with E-state index in [1.807, 2.05) is 66.9 Å². The second-order valence-corrected chi connectivity index (χ2v) is 10.2. The maximum atomic E-state index is 13.3. The molecule has 1 amide bonds. The Kier molecular flexibility index (Phi) is 6.73. The van der Waals surface area contributed by atoms with Crippen LogP contribution in [0.25, 0.3) is 5.76 Å². The molecule has 3 aromatic rings. The van der Waals surface area contributed by atoms with Crippen LogP contribution in [0.5, 0.6) is 5.75 Å². The number of likely N-dealkylation sites (tertiary alicyclic amines) is 1. The van der Waals surface area contributed by atoms with Crippen molar-refractivity contribution in [2.75, 3.05) is 0 Å². The fourth-order valence-corrected chi connectivity index (χ4v) is 5.99. The predicted molar refractivity (Wildman–Crippen MR) is 137 cm³/mol. The second-order valence-electron chi connectivity index (χ2n) is 9.27. The highest BCUT2D eigenvalue weighted by atomic mass is 32.1. The number of aryl methyl sites for hydroxylation is 1. The lowest BCUT2D eigenvalue weighted by Gasteiger charge is -2.34. The van der Waals surface area contributed by atoms with Crippen LogP contribution in [0.3, 0.4) is 0 Å². The highest BCUT2D eigenvalue weighted by Crippen LogP contribution is 2.44. The van der Waals surface area contributed by atoms with Crippen molar-refractivity contribution in [3.8, 4) is 5.75 Å². The van der Waals surface area contributed by atoms with Crippen LogP contribution in [-0.2, 0) is 16.2 Å². The summed E-state index contributed by atoms with van der Waals surface area (Å²) in [7, 11) is 0. The Labute approximate surface area is 209 Å². The smallest absolute Gasteiger partial charge is 0.295 e. The first kappa shape index (κ1) is 23.4. The zero-order valence-electron chi connectivity index (χ0n) is 19.8. The molecule has 1 atom stereocenters. The fraction of sp³-hybridized carbons (Fsp3) is 0.310. The van der Waals surface area contributed by atoms with Crippen molar-refractivity contribution in [2.45, 2.75) is 57.7 Å². The van der Waals surface area contributed by atoms with Gasteiger partial charge in [-0.15, -0.1) is 11.3 Å². The average Bonchev–Trinajstić information content (AvgIpc) is 3.51. The number of carbonyl (C=O) groups is 2. The summed E-state index contributed by atoms with van der Waals surface area (Å²) < 4.78 is 5.97. The van der Waals surface area contributed by atoms with Crippen LogP contribution >= 0.6 is 11.3 Å². The van der Waals surface area contributed by atoms with Gasteiger partial charge in [-0.25, -0.2) is 0 Å². The Hall–Kier alpha value is -3.38. The number of benzene rings is 2. The van der Waals surface area contributed by atoms with Gasteiger partial charge in [0.2, 0.25) is 0 Å². The molecule has 5 rings (SSSR count). The monoisotopic (exact) mass is 487 g/mol. The number of Topliss-reactive ketones (excluding diaryl/α,β-unsaturated/α-hetero) is 1. The number of thiophene rings is 1. The molecule has 0 radical (unpaired) electrons. The molecule has 0 spiro atoms. The van der Waals surface area contributed by atoms with Gasteiger partial charge in [-0.2, -0.15) is 0 Å². The van der Waals surface area contributed by atoms with Gasteiger partial charge in [0.05, 0.1) is 11.6 Å².